The molecule has 1 aromatic heterocycles. The van der Waals surface area contributed by atoms with Crippen LogP contribution in [0.25, 0.3) is 0 Å². The van der Waals surface area contributed by atoms with Gasteiger partial charge in [0.15, 0.2) is 11.5 Å². The zero-order valence-electron chi connectivity index (χ0n) is 16.2. The molecule has 1 fully saturated rings. The number of aryl methyl sites for hydroxylation is 1. The molecule has 1 aliphatic heterocycles. The fourth-order valence-corrected chi connectivity index (χ4v) is 3.02. The van der Waals surface area contributed by atoms with E-state index < -0.39 is 0 Å². The molecule has 1 saturated heterocycles. The summed E-state index contributed by atoms with van der Waals surface area (Å²) in [6.45, 7) is 3.13. The molecule has 0 aliphatic carbocycles. The van der Waals surface area contributed by atoms with Crippen molar-refractivity contribution in [2.45, 2.75) is 6.92 Å². The topological polar surface area (TPSA) is 107 Å². The molecule has 2 amide bonds. The van der Waals surface area contributed by atoms with Crippen LogP contribution in [0.3, 0.4) is 0 Å². The number of piperazine rings is 1. The van der Waals surface area contributed by atoms with Crippen molar-refractivity contribution >= 4 is 11.8 Å². The molecule has 28 heavy (non-hydrogen) atoms. The van der Waals surface area contributed by atoms with Gasteiger partial charge in [0.1, 0.15) is 0 Å². The van der Waals surface area contributed by atoms with Crippen molar-refractivity contribution in [3.63, 3.8) is 0 Å². The standard InChI is InChI=1S/C18H22N4O6/c1-11-19-20-16(28-11)18(24)22-7-5-21(6-8-22)17(23)12-9-13(25-2)15(27-4)14(10-12)26-3/h9-10H,5-8H2,1-4H3. The van der Waals surface area contributed by atoms with E-state index in [2.05, 4.69) is 10.2 Å². The van der Waals surface area contributed by atoms with Crippen molar-refractivity contribution in [2.24, 2.45) is 0 Å². The number of nitrogens with zero attached hydrogens (tertiary/aromatic N) is 4. The van der Waals surface area contributed by atoms with Crippen LogP contribution < -0.4 is 14.2 Å². The number of benzene rings is 1. The van der Waals surface area contributed by atoms with Gasteiger partial charge in [-0.2, -0.15) is 0 Å². The SMILES string of the molecule is COc1cc(C(=O)N2CCN(C(=O)c3nnc(C)o3)CC2)cc(OC)c1OC. The number of hydrogen-bond donors (Lipinski definition) is 0. The van der Waals surface area contributed by atoms with Crippen LogP contribution in [-0.2, 0) is 0 Å². The molecule has 10 nitrogen and oxygen atoms in total. The molecule has 3 rings (SSSR count). The van der Waals surface area contributed by atoms with E-state index in [9.17, 15) is 9.59 Å². The molecule has 1 aromatic carbocycles. The number of aromatic nitrogens is 2. The quantitative estimate of drug-likeness (QED) is 0.744. The van der Waals surface area contributed by atoms with Gasteiger partial charge in [0, 0.05) is 38.7 Å². The van der Waals surface area contributed by atoms with E-state index >= 15 is 0 Å². The molecule has 150 valence electrons. The van der Waals surface area contributed by atoms with Crippen molar-refractivity contribution in [2.75, 3.05) is 47.5 Å². The maximum atomic E-state index is 12.9. The molecule has 0 unspecified atom stereocenters. The summed E-state index contributed by atoms with van der Waals surface area (Å²) >= 11 is 0. The van der Waals surface area contributed by atoms with Crippen molar-refractivity contribution in [1.82, 2.24) is 20.0 Å². The lowest BCUT2D eigenvalue weighted by Gasteiger charge is -2.34. The number of amides is 2. The highest BCUT2D eigenvalue weighted by molar-refractivity contribution is 5.96. The summed E-state index contributed by atoms with van der Waals surface area (Å²) in [5.74, 6) is 1.02. The first-order valence-electron chi connectivity index (χ1n) is 8.67. The van der Waals surface area contributed by atoms with Crippen LogP contribution in [0.5, 0.6) is 17.2 Å². The minimum atomic E-state index is -0.333. The van der Waals surface area contributed by atoms with Crippen molar-refractivity contribution in [3.05, 3.63) is 29.5 Å². The molecule has 2 aromatic rings. The van der Waals surface area contributed by atoms with Gasteiger partial charge >= 0.3 is 11.8 Å². The third-order valence-corrected chi connectivity index (χ3v) is 4.47. The number of carbonyl (C=O) groups excluding carboxylic acids is 2. The molecular weight excluding hydrogens is 368 g/mol. The van der Waals surface area contributed by atoms with Crippen LogP contribution in [0, 0.1) is 6.92 Å². The number of ether oxygens (including phenoxy) is 3. The molecule has 0 bridgehead atoms. The summed E-state index contributed by atoms with van der Waals surface area (Å²) < 4.78 is 21.1. The number of methoxy groups -OCH3 is 3. The van der Waals surface area contributed by atoms with Gasteiger partial charge in [0.2, 0.25) is 11.6 Å². The van der Waals surface area contributed by atoms with E-state index in [1.807, 2.05) is 0 Å². The third-order valence-electron chi connectivity index (χ3n) is 4.47. The lowest BCUT2D eigenvalue weighted by Crippen LogP contribution is -2.50. The molecule has 1 aliphatic rings. The summed E-state index contributed by atoms with van der Waals surface area (Å²) in [5, 5.41) is 7.42. The van der Waals surface area contributed by atoms with E-state index in [0.717, 1.165) is 0 Å². The lowest BCUT2D eigenvalue weighted by molar-refractivity contribution is 0.0512. The highest BCUT2D eigenvalue weighted by Crippen LogP contribution is 2.38. The Hall–Kier alpha value is -3.30. The van der Waals surface area contributed by atoms with E-state index in [1.54, 1.807) is 28.9 Å². The van der Waals surface area contributed by atoms with Crippen LogP contribution in [0.4, 0.5) is 0 Å². The average molecular weight is 390 g/mol. The first kappa shape index (κ1) is 19.5. The Balaban J connectivity index is 1.71. The number of carbonyl (C=O) groups is 2. The number of rotatable bonds is 5. The maximum Gasteiger partial charge on any atom is 0.311 e. The zero-order chi connectivity index (χ0) is 20.3. The van der Waals surface area contributed by atoms with Crippen molar-refractivity contribution < 1.29 is 28.2 Å². The molecule has 10 heteroatoms. The molecule has 0 atom stereocenters. The predicted molar refractivity (Wildman–Crippen MR) is 96.9 cm³/mol. The van der Waals surface area contributed by atoms with E-state index in [1.165, 1.54) is 21.3 Å². The number of hydrogen-bond acceptors (Lipinski definition) is 8. The van der Waals surface area contributed by atoms with Gasteiger partial charge in [-0.3, -0.25) is 9.59 Å². The van der Waals surface area contributed by atoms with Gasteiger partial charge in [-0.05, 0) is 12.1 Å². The molecule has 0 saturated carbocycles. The Morgan fingerprint density at radius 2 is 1.43 bits per heavy atom. The van der Waals surface area contributed by atoms with Gasteiger partial charge in [0.25, 0.3) is 5.91 Å². The minimum absolute atomic E-state index is 0.0399. The minimum Gasteiger partial charge on any atom is -0.493 e. The fraction of sp³-hybridized carbons (Fsp3) is 0.444. The lowest BCUT2D eigenvalue weighted by atomic mass is 10.1. The second-order valence-electron chi connectivity index (χ2n) is 6.12. The Morgan fingerprint density at radius 3 is 1.86 bits per heavy atom. The Labute approximate surface area is 162 Å². The first-order valence-corrected chi connectivity index (χ1v) is 8.67. The van der Waals surface area contributed by atoms with Crippen LogP contribution in [0.15, 0.2) is 16.5 Å². The van der Waals surface area contributed by atoms with E-state index in [-0.39, 0.29) is 17.7 Å². The largest absolute Gasteiger partial charge is 0.493 e. The molecule has 0 spiro atoms. The summed E-state index contributed by atoms with van der Waals surface area (Å²) in [6, 6.07) is 3.23. The molecule has 2 heterocycles. The maximum absolute atomic E-state index is 12.9. The van der Waals surface area contributed by atoms with Gasteiger partial charge in [-0.25, -0.2) is 0 Å². The summed E-state index contributed by atoms with van der Waals surface area (Å²) in [4.78, 5) is 28.6. The third kappa shape index (κ3) is 3.71. The fourth-order valence-electron chi connectivity index (χ4n) is 3.02. The molecular formula is C18H22N4O6. The van der Waals surface area contributed by atoms with Crippen LogP contribution in [0.2, 0.25) is 0 Å². The van der Waals surface area contributed by atoms with Crippen LogP contribution >= 0.6 is 0 Å². The van der Waals surface area contributed by atoms with Crippen LogP contribution in [0.1, 0.15) is 26.9 Å². The summed E-state index contributed by atoms with van der Waals surface area (Å²) in [7, 11) is 4.49. The Morgan fingerprint density at radius 1 is 0.893 bits per heavy atom. The summed E-state index contributed by atoms with van der Waals surface area (Å²) in [6.07, 6.45) is 0. The first-order chi connectivity index (χ1) is 13.5. The molecule has 0 radical (unpaired) electrons. The zero-order valence-corrected chi connectivity index (χ0v) is 16.2. The summed E-state index contributed by atoms with van der Waals surface area (Å²) in [5.41, 5.74) is 0.418. The van der Waals surface area contributed by atoms with E-state index in [0.29, 0.717) is 54.9 Å². The smallest absolute Gasteiger partial charge is 0.311 e. The highest BCUT2D eigenvalue weighted by Gasteiger charge is 2.29. The normalized spacial score (nSPS) is 14.0. The van der Waals surface area contributed by atoms with Gasteiger partial charge in [0.05, 0.1) is 21.3 Å². The van der Waals surface area contributed by atoms with E-state index in [4.69, 9.17) is 18.6 Å². The highest BCUT2D eigenvalue weighted by atomic mass is 16.5. The second-order valence-corrected chi connectivity index (χ2v) is 6.12. The Bertz CT molecular complexity index is 848. The second kappa shape index (κ2) is 8.15. The monoisotopic (exact) mass is 390 g/mol. The van der Waals surface area contributed by atoms with Crippen molar-refractivity contribution in [3.8, 4) is 17.2 Å². The van der Waals surface area contributed by atoms with Crippen molar-refractivity contribution in [1.29, 1.82) is 0 Å². The predicted octanol–water partition coefficient (Wildman–Crippen LogP) is 1.00. The van der Waals surface area contributed by atoms with Gasteiger partial charge in [-0.1, -0.05) is 0 Å². The van der Waals surface area contributed by atoms with Gasteiger partial charge < -0.3 is 28.4 Å². The van der Waals surface area contributed by atoms with Crippen LogP contribution in [-0.4, -0.2) is 79.3 Å². The Kier molecular flexibility index (Phi) is 5.67. The average Bonchev–Trinajstić information content (AvgIpc) is 3.17. The molecule has 0 N–H and O–H groups in total. The van der Waals surface area contributed by atoms with Gasteiger partial charge in [-0.15, -0.1) is 10.2 Å².